The first kappa shape index (κ1) is 14.5. The molecule has 0 unspecified atom stereocenters. The van der Waals surface area contributed by atoms with E-state index in [1.165, 1.54) is 12.3 Å². The summed E-state index contributed by atoms with van der Waals surface area (Å²) in [4.78, 5) is 17.4. The van der Waals surface area contributed by atoms with Gasteiger partial charge in [0.25, 0.3) is 0 Å². The Hall–Kier alpha value is -1.86. The van der Waals surface area contributed by atoms with Crippen molar-refractivity contribution in [2.75, 3.05) is 50.4 Å². The van der Waals surface area contributed by atoms with Gasteiger partial charge in [0, 0.05) is 19.6 Å². The van der Waals surface area contributed by atoms with E-state index in [1.54, 1.807) is 0 Å². The summed E-state index contributed by atoms with van der Waals surface area (Å²) in [6, 6.07) is 1.46. The molecule has 4 N–H and O–H groups in total. The molecule has 1 saturated heterocycles. The topological polar surface area (TPSA) is 101 Å². The van der Waals surface area contributed by atoms with Gasteiger partial charge in [0.1, 0.15) is 5.82 Å². The van der Waals surface area contributed by atoms with Crippen LogP contribution in [0.2, 0.25) is 0 Å². The number of carboxylic acids is 1. The number of hydrogen-bond acceptors (Lipinski definition) is 6. The van der Waals surface area contributed by atoms with Crippen LogP contribution < -0.4 is 11.1 Å². The van der Waals surface area contributed by atoms with Crippen molar-refractivity contribution in [1.29, 1.82) is 0 Å². The maximum Gasteiger partial charge on any atom is 0.337 e. The number of rotatable bonds is 6. The Bertz CT molecular complexity index is 461. The summed E-state index contributed by atoms with van der Waals surface area (Å²) < 4.78 is 5.29. The number of aromatic nitrogens is 1. The lowest BCUT2D eigenvalue weighted by molar-refractivity contribution is 0.0378. The molecule has 1 aromatic heterocycles. The molecular formula is C13H20N4O3. The fourth-order valence-corrected chi connectivity index (χ4v) is 2.09. The van der Waals surface area contributed by atoms with E-state index in [2.05, 4.69) is 15.2 Å². The summed E-state index contributed by atoms with van der Waals surface area (Å²) in [5.74, 6) is -0.500. The monoisotopic (exact) mass is 280 g/mol. The van der Waals surface area contributed by atoms with Gasteiger partial charge in [-0.15, -0.1) is 0 Å². The fraction of sp³-hybridized carbons (Fsp3) is 0.538. The Morgan fingerprint density at radius 1 is 1.50 bits per heavy atom. The van der Waals surface area contributed by atoms with Crippen molar-refractivity contribution >= 4 is 17.5 Å². The summed E-state index contributed by atoms with van der Waals surface area (Å²) in [6.45, 7) is 5.29. The first-order valence-electron chi connectivity index (χ1n) is 6.69. The molecule has 0 atom stereocenters. The van der Waals surface area contributed by atoms with E-state index >= 15 is 0 Å². The summed E-state index contributed by atoms with van der Waals surface area (Å²) in [6.07, 6.45) is 2.34. The lowest BCUT2D eigenvalue weighted by Crippen LogP contribution is -2.37. The number of nitrogens with zero attached hydrogens (tertiary/aromatic N) is 2. The minimum atomic E-state index is -1.04. The van der Waals surface area contributed by atoms with E-state index in [1.807, 2.05) is 0 Å². The number of carboxylic acid groups (broad SMARTS) is 1. The third-order valence-electron chi connectivity index (χ3n) is 3.23. The van der Waals surface area contributed by atoms with Crippen LogP contribution in [0.5, 0.6) is 0 Å². The third-order valence-corrected chi connectivity index (χ3v) is 3.23. The molecule has 0 aromatic carbocycles. The second kappa shape index (κ2) is 7.06. The molecule has 1 aliphatic rings. The van der Waals surface area contributed by atoms with Gasteiger partial charge in [-0.3, -0.25) is 4.90 Å². The number of morpholine rings is 1. The molecule has 0 aliphatic carbocycles. The molecule has 0 spiro atoms. The molecule has 1 fully saturated rings. The predicted molar refractivity (Wildman–Crippen MR) is 76.0 cm³/mol. The highest BCUT2D eigenvalue weighted by molar-refractivity contribution is 5.94. The zero-order valence-electron chi connectivity index (χ0n) is 11.3. The van der Waals surface area contributed by atoms with Gasteiger partial charge in [0.2, 0.25) is 0 Å². The Balaban J connectivity index is 1.76. The van der Waals surface area contributed by atoms with Crippen molar-refractivity contribution in [2.24, 2.45) is 0 Å². The van der Waals surface area contributed by atoms with Crippen LogP contribution >= 0.6 is 0 Å². The van der Waals surface area contributed by atoms with Crippen LogP contribution in [0.25, 0.3) is 0 Å². The number of anilines is 2. The minimum Gasteiger partial charge on any atom is -0.478 e. The number of pyridine rings is 1. The number of ether oxygens (including phenoxy) is 1. The van der Waals surface area contributed by atoms with Crippen molar-refractivity contribution in [3.05, 3.63) is 17.8 Å². The Morgan fingerprint density at radius 2 is 2.25 bits per heavy atom. The average Bonchev–Trinajstić information content (AvgIpc) is 2.46. The van der Waals surface area contributed by atoms with Gasteiger partial charge in [0.05, 0.1) is 30.7 Å². The smallest absolute Gasteiger partial charge is 0.337 e. The second-order valence-corrected chi connectivity index (χ2v) is 4.70. The maximum absolute atomic E-state index is 11.0. The number of carbonyl (C=O) groups is 1. The van der Waals surface area contributed by atoms with Crippen LogP contribution in [0.3, 0.4) is 0 Å². The molecule has 7 heteroatoms. The molecule has 0 amide bonds. The van der Waals surface area contributed by atoms with Gasteiger partial charge < -0.3 is 20.9 Å². The van der Waals surface area contributed by atoms with Gasteiger partial charge in [-0.05, 0) is 19.0 Å². The highest BCUT2D eigenvalue weighted by Crippen LogP contribution is 2.14. The second-order valence-electron chi connectivity index (χ2n) is 4.70. The van der Waals surface area contributed by atoms with E-state index in [4.69, 9.17) is 15.6 Å². The van der Waals surface area contributed by atoms with Gasteiger partial charge in [-0.1, -0.05) is 0 Å². The molecule has 0 saturated carbocycles. The lowest BCUT2D eigenvalue weighted by Gasteiger charge is -2.26. The Morgan fingerprint density at radius 3 is 2.95 bits per heavy atom. The predicted octanol–water partition coefficient (Wildman–Crippen LogP) is 0.496. The standard InChI is InChI=1S/C13H20N4O3/c14-11-9-16-12(8-10(11)13(18)19)15-2-1-3-17-4-6-20-7-5-17/h8-9H,1-7,14H2,(H,15,16)(H,18,19). The molecule has 110 valence electrons. The molecule has 0 radical (unpaired) electrons. The quantitative estimate of drug-likeness (QED) is 0.652. The minimum absolute atomic E-state index is 0.0793. The summed E-state index contributed by atoms with van der Waals surface area (Å²) in [5.41, 5.74) is 5.81. The number of nitrogens with one attached hydrogen (secondary N) is 1. The van der Waals surface area contributed by atoms with Crippen LogP contribution in [0, 0.1) is 0 Å². The SMILES string of the molecule is Nc1cnc(NCCCN2CCOCC2)cc1C(=O)O. The summed E-state index contributed by atoms with van der Waals surface area (Å²) in [7, 11) is 0. The first-order chi connectivity index (χ1) is 9.66. The van der Waals surface area contributed by atoms with Crippen molar-refractivity contribution < 1.29 is 14.6 Å². The number of aromatic carboxylic acids is 1. The molecule has 2 heterocycles. The molecule has 0 bridgehead atoms. The first-order valence-corrected chi connectivity index (χ1v) is 6.69. The van der Waals surface area contributed by atoms with Crippen LogP contribution in [-0.4, -0.2) is 60.4 Å². The molecular weight excluding hydrogens is 260 g/mol. The molecule has 1 aliphatic heterocycles. The van der Waals surface area contributed by atoms with E-state index in [0.29, 0.717) is 5.82 Å². The van der Waals surface area contributed by atoms with Crippen molar-refractivity contribution in [1.82, 2.24) is 9.88 Å². The number of nitrogens with two attached hydrogens (primary N) is 1. The molecule has 1 aromatic rings. The van der Waals surface area contributed by atoms with Gasteiger partial charge in [-0.2, -0.15) is 0 Å². The van der Waals surface area contributed by atoms with Crippen LogP contribution in [0.15, 0.2) is 12.3 Å². The Labute approximate surface area is 117 Å². The van der Waals surface area contributed by atoms with Crippen LogP contribution in [-0.2, 0) is 4.74 Å². The highest BCUT2D eigenvalue weighted by atomic mass is 16.5. The van der Waals surface area contributed by atoms with Crippen LogP contribution in [0.1, 0.15) is 16.8 Å². The van der Waals surface area contributed by atoms with Crippen LogP contribution in [0.4, 0.5) is 11.5 Å². The lowest BCUT2D eigenvalue weighted by atomic mass is 10.2. The summed E-state index contributed by atoms with van der Waals surface area (Å²) >= 11 is 0. The average molecular weight is 280 g/mol. The zero-order valence-corrected chi connectivity index (χ0v) is 11.3. The number of hydrogen-bond donors (Lipinski definition) is 3. The van der Waals surface area contributed by atoms with Crippen molar-refractivity contribution in [3.8, 4) is 0 Å². The van der Waals surface area contributed by atoms with E-state index in [9.17, 15) is 4.79 Å². The highest BCUT2D eigenvalue weighted by Gasteiger charge is 2.11. The van der Waals surface area contributed by atoms with E-state index < -0.39 is 5.97 Å². The normalized spacial score (nSPS) is 16.0. The zero-order chi connectivity index (χ0) is 14.4. The van der Waals surface area contributed by atoms with Gasteiger partial charge in [-0.25, -0.2) is 9.78 Å². The Kier molecular flexibility index (Phi) is 5.14. The number of nitrogen functional groups attached to an aromatic ring is 1. The van der Waals surface area contributed by atoms with E-state index in [0.717, 1.165) is 45.8 Å². The van der Waals surface area contributed by atoms with E-state index in [-0.39, 0.29) is 11.3 Å². The fourth-order valence-electron chi connectivity index (χ4n) is 2.09. The third kappa shape index (κ3) is 4.07. The molecule has 2 rings (SSSR count). The molecule has 20 heavy (non-hydrogen) atoms. The largest absolute Gasteiger partial charge is 0.478 e. The van der Waals surface area contributed by atoms with Gasteiger partial charge in [0.15, 0.2) is 0 Å². The van der Waals surface area contributed by atoms with Crippen molar-refractivity contribution in [3.63, 3.8) is 0 Å². The van der Waals surface area contributed by atoms with Gasteiger partial charge >= 0.3 is 5.97 Å². The molecule has 7 nitrogen and oxygen atoms in total. The summed E-state index contributed by atoms with van der Waals surface area (Å²) in [5, 5.41) is 12.1. The van der Waals surface area contributed by atoms with Crippen molar-refractivity contribution in [2.45, 2.75) is 6.42 Å². The maximum atomic E-state index is 11.0.